The van der Waals surface area contributed by atoms with Gasteiger partial charge in [0.25, 0.3) is 0 Å². The number of hydrazone groups is 1. The molecule has 2 unspecified atom stereocenters. The molecular formula is C25H28ClN9. The van der Waals surface area contributed by atoms with Crippen LogP contribution >= 0.6 is 11.6 Å². The molecule has 2 aromatic heterocycles. The van der Waals surface area contributed by atoms with Crippen LogP contribution in [0.1, 0.15) is 19.0 Å². The number of fused-ring (bicyclic) bond motifs is 3. The van der Waals surface area contributed by atoms with Crippen LogP contribution in [0.4, 0.5) is 5.82 Å². The number of rotatable bonds is 4. The summed E-state index contributed by atoms with van der Waals surface area (Å²) in [7, 11) is 1.96. The summed E-state index contributed by atoms with van der Waals surface area (Å²) in [4.78, 5) is 12.0. The highest BCUT2D eigenvalue weighted by Gasteiger charge is 2.69. The van der Waals surface area contributed by atoms with E-state index in [1.54, 1.807) is 0 Å². The number of piperidine rings is 1. The molecule has 5 heterocycles. The molecule has 7 rings (SSSR count). The zero-order chi connectivity index (χ0) is 23.9. The predicted molar refractivity (Wildman–Crippen MR) is 138 cm³/mol. The molecule has 4 N–H and O–H groups in total. The highest BCUT2D eigenvalue weighted by Crippen LogP contribution is 2.65. The zero-order valence-electron chi connectivity index (χ0n) is 19.8. The number of allylic oxidation sites excluding steroid dienone is 5. The van der Waals surface area contributed by atoms with Crippen molar-refractivity contribution in [2.75, 3.05) is 38.1 Å². The summed E-state index contributed by atoms with van der Waals surface area (Å²) in [6.45, 7) is 5.41. The van der Waals surface area contributed by atoms with E-state index in [0.29, 0.717) is 35.1 Å². The number of nitrogens with zero attached hydrogens (tertiary/aromatic N) is 6. The maximum absolute atomic E-state index is 6.79. The molecule has 1 saturated carbocycles. The Morgan fingerprint density at radius 2 is 2.11 bits per heavy atom. The lowest BCUT2D eigenvalue weighted by atomic mass is 9.92. The van der Waals surface area contributed by atoms with Gasteiger partial charge >= 0.3 is 0 Å². The Hall–Kier alpha value is -3.17. The molecule has 2 aliphatic carbocycles. The summed E-state index contributed by atoms with van der Waals surface area (Å²) in [6.07, 6.45) is 11.2. The average molecular weight is 490 g/mol. The summed E-state index contributed by atoms with van der Waals surface area (Å²) < 4.78 is 0. The van der Waals surface area contributed by atoms with Gasteiger partial charge in [0.05, 0.1) is 29.2 Å². The lowest BCUT2D eigenvalue weighted by Gasteiger charge is -2.31. The molecule has 5 aliphatic rings. The minimum atomic E-state index is 0.0563. The number of nitrogens with one attached hydrogen (secondary N) is 2. The van der Waals surface area contributed by atoms with E-state index in [1.807, 2.05) is 18.3 Å². The van der Waals surface area contributed by atoms with Crippen LogP contribution in [0.15, 0.2) is 51.9 Å². The van der Waals surface area contributed by atoms with Gasteiger partial charge in [-0.3, -0.25) is 10.1 Å². The molecular weight excluding hydrogens is 462 g/mol. The fraction of sp³-hybridized carbons (Fsp3) is 0.440. The quantitative estimate of drug-likeness (QED) is 0.604. The van der Waals surface area contributed by atoms with Crippen molar-refractivity contribution in [3.8, 4) is 0 Å². The fourth-order valence-corrected chi connectivity index (χ4v) is 6.79. The van der Waals surface area contributed by atoms with Crippen molar-refractivity contribution in [1.29, 1.82) is 0 Å². The van der Waals surface area contributed by atoms with E-state index in [1.165, 1.54) is 5.70 Å². The molecule has 180 valence electrons. The fourth-order valence-electron chi connectivity index (χ4n) is 6.45. The first-order chi connectivity index (χ1) is 17.0. The number of likely N-dealkylation sites (N-methyl/N-ethyl adjacent to an activating group) is 1. The first-order valence-corrected chi connectivity index (χ1v) is 12.6. The van der Waals surface area contributed by atoms with Gasteiger partial charge in [-0.1, -0.05) is 29.8 Å². The van der Waals surface area contributed by atoms with Crippen LogP contribution in [-0.2, 0) is 0 Å². The number of aromatic nitrogens is 4. The first kappa shape index (κ1) is 21.1. The van der Waals surface area contributed by atoms with Crippen molar-refractivity contribution >= 4 is 39.9 Å². The minimum Gasteiger partial charge on any atom is -0.382 e. The standard InChI is InChI=1S/C25H28ClN9/c1-13-4-3-5-19(29-13)25(12-27)16-10-35(11-17(16)25)20-8-28-23-22(31-32-24(23)30-20)14-6-7-18-15(21(14)26)9-34(2)33-18/h3-6,8,13,16-17,29H,7,9-12,27H2,1-2H3,(H,30,31,32)/t13?,16-,17+,25?. The monoisotopic (exact) mass is 489 g/mol. The highest BCUT2D eigenvalue weighted by atomic mass is 35.5. The van der Waals surface area contributed by atoms with Crippen LogP contribution in [-0.4, -0.2) is 70.2 Å². The summed E-state index contributed by atoms with van der Waals surface area (Å²) in [6, 6.07) is 0.342. The second kappa shape index (κ2) is 7.41. The lowest BCUT2D eigenvalue weighted by Crippen LogP contribution is -2.40. The van der Waals surface area contributed by atoms with Gasteiger partial charge in [0.1, 0.15) is 11.3 Å². The smallest absolute Gasteiger partial charge is 0.202 e. The van der Waals surface area contributed by atoms with Gasteiger partial charge in [0.2, 0.25) is 5.65 Å². The number of anilines is 1. The molecule has 2 aromatic rings. The molecule has 2 fully saturated rings. The van der Waals surface area contributed by atoms with Gasteiger partial charge in [0, 0.05) is 61.4 Å². The van der Waals surface area contributed by atoms with E-state index in [0.717, 1.165) is 59.9 Å². The van der Waals surface area contributed by atoms with Crippen molar-refractivity contribution in [1.82, 2.24) is 30.5 Å². The summed E-state index contributed by atoms with van der Waals surface area (Å²) >= 11 is 6.79. The first-order valence-electron chi connectivity index (χ1n) is 12.2. The number of halogens is 1. The van der Waals surface area contributed by atoms with E-state index < -0.39 is 0 Å². The number of nitrogens with two attached hydrogens (primary N) is 1. The van der Waals surface area contributed by atoms with Crippen molar-refractivity contribution in [3.63, 3.8) is 0 Å². The molecule has 0 bridgehead atoms. The van der Waals surface area contributed by atoms with E-state index in [9.17, 15) is 0 Å². The topological polar surface area (TPSA) is 111 Å². The van der Waals surface area contributed by atoms with Gasteiger partial charge in [-0.25, -0.2) is 9.97 Å². The normalized spacial score (nSPS) is 31.3. The van der Waals surface area contributed by atoms with Crippen LogP contribution in [0.3, 0.4) is 0 Å². The summed E-state index contributed by atoms with van der Waals surface area (Å²) in [5.74, 6) is 1.91. The van der Waals surface area contributed by atoms with Gasteiger partial charge in [-0.15, -0.1) is 0 Å². The van der Waals surface area contributed by atoms with Crippen LogP contribution < -0.4 is 16.0 Å². The van der Waals surface area contributed by atoms with Crippen molar-refractivity contribution in [2.45, 2.75) is 19.4 Å². The zero-order valence-corrected chi connectivity index (χ0v) is 20.5. The number of hydrogen-bond acceptors (Lipinski definition) is 8. The molecule has 0 radical (unpaired) electrons. The Bertz CT molecular complexity index is 1380. The van der Waals surface area contributed by atoms with Gasteiger partial charge < -0.3 is 16.0 Å². The van der Waals surface area contributed by atoms with Crippen molar-refractivity contribution in [2.24, 2.45) is 28.1 Å². The lowest BCUT2D eigenvalue weighted by molar-refractivity contribution is 0.409. The molecule has 4 atom stereocenters. The number of H-pyrrole nitrogens is 1. The third-order valence-corrected chi connectivity index (χ3v) is 8.72. The number of hydrogen-bond donors (Lipinski definition) is 3. The third kappa shape index (κ3) is 2.97. The second-order valence-electron chi connectivity index (χ2n) is 10.2. The summed E-state index contributed by atoms with van der Waals surface area (Å²) in [5.41, 5.74) is 12.9. The van der Waals surface area contributed by atoms with Crippen LogP contribution in [0, 0.1) is 17.3 Å². The maximum Gasteiger partial charge on any atom is 0.202 e. The highest BCUT2D eigenvalue weighted by molar-refractivity contribution is 6.40. The molecule has 1 saturated heterocycles. The maximum atomic E-state index is 6.79. The Morgan fingerprint density at radius 3 is 2.89 bits per heavy atom. The molecule has 0 amide bonds. The Labute approximate surface area is 208 Å². The van der Waals surface area contributed by atoms with Gasteiger partial charge in [0.15, 0.2) is 0 Å². The molecule has 35 heavy (non-hydrogen) atoms. The van der Waals surface area contributed by atoms with Crippen LogP contribution in [0.25, 0.3) is 16.7 Å². The average Bonchev–Trinajstić information content (AvgIpc) is 3.30. The molecule has 10 heteroatoms. The van der Waals surface area contributed by atoms with Gasteiger partial charge in [-0.05, 0) is 24.8 Å². The summed E-state index contributed by atoms with van der Waals surface area (Å²) in [5, 5.41) is 18.4. The second-order valence-corrected chi connectivity index (χ2v) is 10.6. The Morgan fingerprint density at radius 1 is 1.29 bits per heavy atom. The van der Waals surface area contributed by atoms with E-state index in [-0.39, 0.29) is 5.41 Å². The van der Waals surface area contributed by atoms with E-state index in [4.69, 9.17) is 27.3 Å². The van der Waals surface area contributed by atoms with Crippen LogP contribution in [0.2, 0.25) is 0 Å². The SMILES string of the molecule is CC1C=CC=C(C2(CN)[C@@H]3CN(c4cnc5c(C6=CCC7=NN(C)CC7=C6Cl)[nH]nc5n4)C[C@@H]32)N1. The van der Waals surface area contributed by atoms with E-state index >= 15 is 0 Å². The number of aromatic amines is 1. The Balaban J connectivity index is 1.13. The Kier molecular flexibility index (Phi) is 4.48. The van der Waals surface area contributed by atoms with Crippen molar-refractivity contribution < 1.29 is 0 Å². The minimum absolute atomic E-state index is 0.0563. The van der Waals surface area contributed by atoms with Gasteiger partial charge in [-0.2, -0.15) is 10.2 Å². The van der Waals surface area contributed by atoms with Crippen LogP contribution in [0.5, 0.6) is 0 Å². The molecule has 9 nitrogen and oxygen atoms in total. The van der Waals surface area contributed by atoms with E-state index in [2.05, 4.69) is 56.7 Å². The molecule has 3 aliphatic heterocycles. The third-order valence-electron chi connectivity index (χ3n) is 8.29. The molecule has 0 aromatic carbocycles. The number of dihydropyridines is 1. The van der Waals surface area contributed by atoms with Crippen molar-refractivity contribution in [3.05, 3.63) is 52.5 Å². The largest absolute Gasteiger partial charge is 0.382 e. The predicted octanol–water partition coefficient (Wildman–Crippen LogP) is 2.38. The molecule has 0 spiro atoms.